The van der Waals surface area contributed by atoms with Crippen molar-refractivity contribution in [3.05, 3.63) is 63.8 Å². The van der Waals surface area contributed by atoms with E-state index >= 15 is 0 Å². The van der Waals surface area contributed by atoms with Crippen LogP contribution in [-0.4, -0.2) is 21.6 Å². The number of aryl methyl sites for hydroxylation is 1. The molecule has 2 aromatic rings. The molecule has 8 heteroatoms. The SMILES string of the molecule is CCc1ccc(C(=O)[C@@H](C#N)C(=O)Nc2ccccn2)cc1[N+](=O)[O-]. The molecule has 0 aliphatic carbocycles. The van der Waals surface area contributed by atoms with Crippen molar-refractivity contribution in [2.45, 2.75) is 13.3 Å². The molecule has 2 rings (SSSR count). The van der Waals surface area contributed by atoms with Gasteiger partial charge in [-0.25, -0.2) is 4.98 Å². The van der Waals surface area contributed by atoms with Crippen LogP contribution in [0.2, 0.25) is 0 Å². The maximum atomic E-state index is 12.5. The molecular formula is C17H14N4O4. The number of nitro groups is 1. The lowest BCUT2D eigenvalue weighted by Crippen LogP contribution is -2.29. The van der Waals surface area contributed by atoms with Gasteiger partial charge in [-0.2, -0.15) is 5.26 Å². The van der Waals surface area contributed by atoms with Crippen LogP contribution in [0.3, 0.4) is 0 Å². The predicted octanol–water partition coefficient (Wildman–Crippen LogP) is 2.51. The molecule has 0 aliphatic rings. The molecule has 25 heavy (non-hydrogen) atoms. The second kappa shape index (κ2) is 7.79. The van der Waals surface area contributed by atoms with E-state index in [4.69, 9.17) is 0 Å². The van der Waals surface area contributed by atoms with Crippen LogP contribution in [0, 0.1) is 27.4 Å². The highest BCUT2D eigenvalue weighted by Gasteiger charge is 2.29. The number of nitriles is 1. The quantitative estimate of drug-likeness (QED) is 0.373. The van der Waals surface area contributed by atoms with Gasteiger partial charge in [0.2, 0.25) is 0 Å². The van der Waals surface area contributed by atoms with Gasteiger partial charge in [-0.1, -0.05) is 25.1 Å². The highest BCUT2D eigenvalue weighted by molar-refractivity contribution is 6.15. The first kappa shape index (κ1) is 17.7. The van der Waals surface area contributed by atoms with Crippen LogP contribution in [0.15, 0.2) is 42.6 Å². The summed E-state index contributed by atoms with van der Waals surface area (Å²) in [5.74, 6) is -3.07. The van der Waals surface area contributed by atoms with Gasteiger partial charge in [-0.15, -0.1) is 0 Å². The third-order valence-corrected chi connectivity index (χ3v) is 3.52. The van der Waals surface area contributed by atoms with Crippen molar-refractivity contribution in [1.82, 2.24) is 4.98 Å². The highest BCUT2D eigenvalue weighted by atomic mass is 16.6. The lowest BCUT2D eigenvalue weighted by molar-refractivity contribution is -0.385. The van der Waals surface area contributed by atoms with Crippen molar-refractivity contribution in [3.8, 4) is 6.07 Å². The number of hydrogen-bond donors (Lipinski definition) is 1. The Kier molecular flexibility index (Phi) is 5.53. The number of Topliss-reactive ketones (excluding diaryl/α,β-unsaturated/α-hetero) is 1. The normalized spacial score (nSPS) is 11.2. The molecule has 1 N–H and O–H groups in total. The van der Waals surface area contributed by atoms with Crippen LogP contribution >= 0.6 is 0 Å². The van der Waals surface area contributed by atoms with Crippen molar-refractivity contribution >= 4 is 23.2 Å². The number of nitro benzene ring substituents is 1. The Morgan fingerprint density at radius 1 is 1.36 bits per heavy atom. The smallest absolute Gasteiger partial charge is 0.273 e. The fraction of sp³-hybridized carbons (Fsp3) is 0.176. The Hall–Kier alpha value is -3.60. The third kappa shape index (κ3) is 4.03. The minimum absolute atomic E-state index is 0.0633. The number of anilines is 1. The van der Waals surface area contributed by atoms with Crippen molar-refractivity contribution in [1.29, 1.82) is 5.26 Å². The number of carbonyl (C=O) groups is 2. The van der Waals surface area contributed by atoms with E-state index in [9.17, 15) is 25.0 Å². The topological polar surface area (TPSA) is 126 Å². The van der Waals surface area contributed by atoms with Crippen LogP contribution < -0.4 is 5.32 Å². The first-order valence-electron chi connectivity index (χ1n) is 7.41. The summed E-state index contributed by atoms with van der Waals surface area (Å²) in [7, 11) is 0. The number of carbonyl (C=O) groups excluding carboxylic acids is 2. The molecule has 126 valence electrons. The molecule has 1 aromatic carbocycles. The molecule has 0 bridgehead atoms. The van der Waals surface area contributed by atoms with Crippen molar-refractivity contribution < 1.29 is 14.5 Å². The minimum atomic E-state index is -1.63. The summed E-state index contributed by atoms with van der Waals surface area (Å²) in [6.45, 7) is 1.75. The molecule has 0 saturated heterocycles. The van der Waals surface area contributed by atoms with Gasteiger partial charge in [0.05, 0.1) is 11.0 Å². The fourth-order valence-corrected chi connectivity index (χ4v) is 2.22. The first-order valence-corrected chi connectivity index (χ1v) is 7.41. The maximum absolute atomic E-state index is 12.5. The number of benzene rings is 1. The van der Waals surface area contributed by atoms with Crippen molar-refractivity contribution in [3.63, 3.8) is 0 Å². The molecular weight excluding hydrogens is 324 g/mol. The van der Waals surface area contributed by atoms with Crippen LogP contribution in [0.1, 0.15) is 22.8 Å². The zero-order chi connectivity index (χ0) is 18.4. The van der Waals surface area contributed by atoms with Crippen molar-refractivity contribution in [2.75, 3.05) is 5.32 Å². The number of amides is 1. The van der Waals surface area contributed by atoms with Crippen LogP contribution in [0.25, 0.3) is 0 Å². The Morgan fingerprint density at radius 2 is 2.12 bits per heavy atom. The van der Waals surface area contributed by atoms with E-state index in [1.54, 1.807) is 25.1 Å². The summed E-state index contributed by atoms with van der Waals surface area (Å²) >= 11 is 0. The van der Waals surface area contributed by atoms with Crippen LogP contribution in [0.4, 0.5) is 11.5 Å². The van der Waals surface area contributed by atoms with Gasteiger partial charge < -0.3 is 5.32 Å². The molecule has 0 radical (unpaired) electrons. The van der Waals surface area contributed by atoms with E-state index in [1.165, 1.54) is 24.4 Å². The summed E-state index contributed by atoms with van der Waals surface area (Å²) < 4.78 is 0. The largest absolute Gasteiger partial charge is 0.309 e. The summed E-state index contributed by atoms with van der Waals surface area (Å²) in [6, 6.07) is 10.4. The number of aromatic nitrogens is 1. The summed E-state index contributed by atoms with van der Waals surface area (Å²) in [5.41, 5.74) is 0.190. The van der Waals surface area contributed by atoms with Gasteiger partial charge in [0.1, 0.15) is 5.82 Å². The van der Waals surface area contributed by atoms with Gasteiger partial charge in [-0.05, 0) is 18.6 Å². The average molecular weight is 338 g/mol. The molecule has 0 fully saturated rings. The summed E-state index contributed by atoms with van der Waals surface area (Å²) in [5, 5.41) is 22.7. The molecule has 1 atom stereocenters. The van der Waals surface area contributed by atoms with Crippen molar-refractivity contribution in [2.24, 2.45) is 5.92 Å². The van der Waals surface area contributed by atoms with Crippen LogP contribution in [0.5, 0.6) is 0 Å². The Labute approximate surface area is 143 Å². The Morgan fingerprint density at radius 3 is 2.68 bits per heavy atom. The van der Waals surface area contributed by atoms with E-state index in [0.29, 0.717) is 12.0 Å². The zero-order valence-electron chi connectivity index (χ0n) is 13.3. The summed E-state index contributed by atoms with van der Waals surface area (Å²) in [4.78, 5) is 39.0. The predicted molar refractivity (Wildman–Crippen MR) is 88.8 cm³/mol. The fourth-order valence-electron chi connectivity index (χ4n) is 2.22. The number of nitrogens with one attached hydrogen (secondary N) is 1. The monoisotopic (exact) mass is 338 g/mol. The molecule has 1 amide bonds. The lowest BCUT2D eigenvalue weighted by atomic mass is 9.96. The molecule has 1 heterocycles. The van der Waals surface area contributed by atoms with E-state index in [1.807, 2.05) is 0 Å². The van der Waals surface area contributed by atoms with E-state index < -0.39 is 22.5 Å². The molecule has 8 nitrogen and oxygen atoms in total. The minimum Gasteiger partial charge on any atom is -0.309 e. The first-order chi connectivity index (χ1) is 12.0. The number of nitrogens with zero attached hydrogens (tertiary/aromatic N) is 3. The molecule has 0 spiro atoms. The van der Waals surface area contributed by atoms with Gasteiger partial charge >= 0.3 is 0 Å². The van der Waals surface area contributed by atoms with Crippen LogP contribution in [-0.2, 0) is 11.2 Å². The number of rotatable bonds is 6. The number of pyridine rings is 1. The third-order valence-electron chi connectivity index (χ3n) is 3.52. The van der Waals surface area contributed by atoms with Gasteiger partial charge in [0.15, 0.2) is 11.7 Å². The highest BCUT2D eigenvalue weighted by Crippen LogP contribution is 2.23. The molecule has 0 saturated carbocycles. The molecule has 1 aromatic heterocycles. The lowest BCUT2D eigenvalue weighted by Gasteiger charge is -2.09. The van der Waals surface area contributed by atoms with E-state index in [-0.39, 0.29) is 17.1 Å². The average Bonchev–Trinajstić information content (AvgIpc) is 2.62. The Balaban J connectivity index is 2.28. The second-order valence-corrected chi connectivity index (χ2v) is 5.08. The zero-order valence-corrected chi connectivity index (χ0v) is 13.3. The van der Waals surface area contributed by atoms with Gasteiger partial charge in [0.25, 0.3) is 11.6 Å². The Bertz CT molecular complexity index is 859. The standard InChI is InChI=1S/C17H14N4O4/c1-2-11-6-7-12(9-14(11)21(24)25)16(22)13(10-18)17(23)20-15-5-3-4-8-19-15/h3-9,13H,2H2,1H3,(H,19,20,23)/t13-/m1/s1. The maximum Gasteiger partial charge on any atom is 0.273 e. The van der Waals surface area contributed by atoms with E-state index in [0.717, 1.165) is 6.07 Å². The molecule has 0 aliphatic heterocycles. The molecule has 0 unspecified atom stereocenters. The number of ketones is 1. The van der Waals surface area contributed by atoms with Gasteiger partial charge in [-0.3, -0.25) is 19.7 Å². The van der Waals surface area contributed by atoms with Gasteiger partial charge in [0, 0.05) is 23.4 Å². The van der Waals surface area contributed by atoms with E-state index in [2.05, 4.69) is 10.3 Å². The summed E-state index contributed by atoms with van der Waals surface area (Å²) in [6.07, 6.45) is 1.87. The number of hydrogen-bond acceptors (Lipinski definition) is 6. The second-order valence-electron chi connectivity index (χ2n) is 5.08.